The maximum Gasteiger partial charge on any atom is 0.168 e. The van der Waals surface area contributed by atoms with Gasteiger partial charge < -0.3 is 0 Å². The highest BCUT2D eigenvalue weighted by Gasteiger charge is 2.27. The zero-order chi connectivity index (χ0) is 15.1. The molecule has 0 bridgehead atoms. The minimum Gasteiger partial charge on any atom is -0.283 e. The molecule has 2 aromatic carbocycles. The molecule has 0 amide bonds. The first-order chi connectivity index (χ1) is 10.8. The highest BCUT2D eigenvalue weighted by atomic mass is 79.9. The first-order valence-corrected chi connectivity index (χ1v) is 9.57. The molecule has 0 atom stereocenters. The Morgan fingerprint density at radius 2 is 1.91 bits per heavy atom. The lowest BCUT2D eigenvalue weighted by atomic mass is 9.99. The summed E-state index contributed by atoms with van der Waals surface area (Å²) < 4.78 is 1.08. The second-order valence-corrected chi connectivity index (χ2v) is 7.27. The van der Waals surface area contributed by atoms with Gasteiger partial charge in [-0.1, -0.05) is 42.1 Å². The summed E-state index contributed by atoms with van der Waals surface area (Å²) in [6.45, 7) is 0.741. The van der Waals surface area contributed by atoms with Crippen molar-refractivity contribution in [3.8, 4) is 0 Å². The Morgan fingerprint density at radius 1 is 1.14 bits per heavy atom. The van der Waals surface area contributed by atoms with Gasteiger partial charge in [0.1, 0.15) is 0 Å². The molecule has 0 radical (unpaired) electrons. The van der Waals surface area contributed by atoms with Crippen LogP contribution in [0, 0.1) is 0 Å². The lowest BCUT2D eigenvalue weighted by Gasteiger charge is -2.28. The molecule has 1 aliphatic heterocycles. The molecule has 4 rings (SSSR count). The number of thioether (sulfide) groups is 1. The molecule has 1 aliphatic carbocycles. The van der Waals surface area contributed by atoms with E-state index in [0.717, 1.165) is 22.2 Å². The van der Waals surface area contributed by atoms with Gasteiger partial charge in [0.15, 0.2) is 5.17 Å². The summed E-state index contributed by atoms with van der Waals surface area (Å²) in [5.41, 5.74) is 2.70. The van der Waals surface area contributed by atoms with Crippen LogP contribution in [0.15, 0.2) is 52.1 Å². The van der Waals surface area contributed by atoms with Gasteiger partial charge in [-0.3, -0.25) is 9.89 Å². The van der Waals surface area contributed by atoms with Gasteiger partial charge >= 0.3 is 0 Å². The smallest absolute Gasteiger partial charge is 0.168 e. The number of benzene rings is 2. The molecule has 4 heteroatoms. The third kappa shape index (κ3) is 2.38. The molecule has 22 heavy (non-hydrogen) atoms. The van der Waals surface area contributed by atoms with E-state index in [4.69, 9.17) is 0 Å². The first-order valence-electron chi connectivity index (χ1n) is 7.55. The van der Waals surface area contributed by atoms with Gasteiger partial charge in [-0.15, -0.1) is 0 Å². The van der Waals surface area contributed by atoms with Crippen molar-refractivity contribution in [2.24, 2.45) is 4.99 Å². The number of aliphatic imine (C=N–C) groups is 1. The molecular formula is C18H17BrN2S. The van der Waals surface area contributed by atoms with Crippen molar-refractivity contribution in [3.05, 3.63) is 52.6 Å². The Balaban J connectivity index is 1.92. The van der Waals surface area contributed by atoms with Gasteiger partial charge in [0.05, 0.1) is 16.8 Å². The maximum absolute atomic E-state index is 4.63. The molecule has 1 saturated carbocycles. The van der Waals surface area contributed by atoms with E-state index < -0.39 is 0 Å². The van der Waals surface area contributed by atoms with Crippen LogP contribution in [0.3, 0.4) is 0 Å². The van der Waals surface area contributed by atoms with E-state index in [1.54, 1.807) is 11.8 Å². The largest absolute Gasteiger partial charge is 0.283 e. The Kier molecular flexibility index (Phi) is 3.74. The normalized spacial score (nSPS) is 18.4. The van der Waals surface area contributed by atoms with E-state index in [-0.39, 0.29) is 0 Å². The summed E-state index contributed by atoms with van der Waals surface area (Å²) in [6, 6.07) is 13.3. The van der Waals surface area contributed by atoms with Crippen LogP contribution in [0.25, 0.3) is 10.8 Å². The molecule has 2 aromatic rings. The zero-order valence-electron chi connectivity index (χ0n) is 12.4. The van der Waals surface area contributed by atoms with Crippen LogP contribution >= 0.6 is 27.7 Å². The molecule has 1 heterocycles. The van der Waals surface area contributed by atoms with Gasteiger partial charge in [0, 0.05) is 5.39 Å². The quantitative estimate of drug-likeness (QED) is 0.647. The summed E-state index contributed by atoms with van der Waals surface area (Å²) >= 11 is 5.40. The second kappa shape index (κ2) is 5.74. The summed E-state index contributed by atoms with van der Waals surface area (Å²) in [5.74, 6) is 0.757. The summed E-state index contributed by atoms with van der Waals surface area (Å²) in [7, 11) is 0. The van der Waals surface area contributed by atoms with Crippen molar-refractivity contribution in [1.82, 2.24) is 0 Å². The van der Waals surface area contributed by atoms with Crippen LogP contribution in [0.2, 0.25) is 0 Å². The Labute approximate surface area is 143 Å². The SMILES string of the molecule is CSC1=NCC=C(Br)N1c1ccc(C2CC2)c2ccccc12. The van der Waals surface area contributed by atoms with Crippen LogP contribution in [0.1, 0.15) is 24.3 Å². The predicted octanol–water partition coefficient (Wildman–Crippen LogP) is 5.49. The maximum atomic E-state index is 4.63. The van der Waals surface area contributed by atoms with E-state index in [2.05, 4.69) is 74.6 Å². The van der Waals surface area contributed by atoms with E-state index >= 15 is 0 Å². The summed E-state index contributed by atoms with van der Waals surface area (Å²) in [6.07, 6.45) is 6.85. The van der Waals surface area contributed by atoms with Crippen LogP contribution < -0.4 is 4.90 Å². The number of halogens is 1. The molecule has 2 aliphatic rings. The topological polar surface area (TPSA) is 15.6 Å². The molecule has 1 fully saturated rings. The van der Waals surface area contributed by atoms with E-state index in [1.165, 1.54) is 34.9 Å². The first kappa shape index (κ1) is 14.3. The zero-order valence-corrected chi connectivity index (χ0v) is 14.8. The fraction of sp³-hybridized carbons (Fsp3) is 0.278. The summed E-state index contributed by atoms with van der Waals surface area (Å²) in [4.78, 5) is 6.85. The van der Waals surface area contributed by atoms with Crippen molar-refractivity contribution in [1.29, 1.82) is 0 Å². The number of rotatable bonds is 2. The molecule has 0 unspecified atom stereocenters. The highest BCUT2D eigenvalue weighted by molar-refractivity contribution is 9.11. The van der Waals surface area contributed by atoms with E-state index in [0.29, 0.717) is 0 Å². The molecular weight excluding hydrogens is 356 g/mol. The molecule has 2 nitrogen and oxygen atoms in total. The second-order valence-electron chi connectivity index (χ2n) is 5.68. The Hall–Kier alpha value is -1.26. The number of amidine groups is 1. The van der Waals surface area contributed by atoms with E-state index in [9.17, 15) is 0 Å². The average Bonchev–Trinajstić information content (AvgIpc) is 3.39. The van der Waals surface area contributed by atoms with Crippen LogP contribution in [0.4, 0.5) is 5.69 Å². The fourth-order valence-electron chi connectivity index (χ4n) is 3.08. The molecule has 0 aromatic heterocycles. The van der Waals surface area contributed by atoms with E-state index in [1.807, 2.05) is 0 Å². The Morgan fingerprint density at radius 3 is 2.64 bits per heavy atom. The fourth-order valence-corrected chi connectivity index (χ4v) is 4.28. The average molecular weight is 373 g/mol. The van der Waals surface area contributed by atoms with Crippen molar-refractivity contribution in [3.63, 3.8) is 0 Å². The predicted molar refractivity (Wildman–Crippen MR) is 101 cm³/mol. The molecule has 112 valence electrons. The monoisotopic (exact) mass is 372 g/mol. The number of nitrogens with zero attached hydrogens (tertiary/aromatic N) is 2. The number of hydrogen-bond acceptors (Lipinski definition) is 3. The number of hydrogen-bond donors (Lipinski definition) is 0. The lowest BCUT2D eigenvalue weighted by molar-refractivity contribution is 1.14. The van der Waals surface area contributed by atoms with Crippen molar-refractivity contribution in [2.45, 2.75) is 18.8 Å². The minimum atomic E-state index is 0.741. The third-order valence-electron chi connectivity index (χ3n) is 4.27. The van der Waals surface area contributed by atoms with Gasteiger partial charge in [-0.05, 0) is 64.0 Å². The van der Waals surface area contributed by atoms with Gasteiger partial charge in [-0.25, -0.2) is 0 Å². The number of anilines is 1. The highest BCUT2D eigenvalue weighted by Crippen LogP contribution is 2.45. The Bertz CT molecular complexity index is 793. The van der Waals surface area contributed by atoms with Gasteiger partial charge in [0.25, 0.3) is 0 Å². The van der Waals surface area contributed by atoms with Crippen LogP contribution in [-0.4, -0.2) is 18.0 Å². The third-order valence-corrected chi connectivity index (χ3v) is 5.62. The molecule has 0 spiro atoms. The molecule has 0 saturated heterocycles. The van der Waals surface area contributed by atoms with Crippen molar-refractivity contribution < 1.29 is 0 Å². The number of fused-ring (bicyclic) bond motifs is 1. The van der Waals surface area contributed by atoms with Crippen LogP contribution in [-0.2, 0) is 0 Å². The van der Waals surface area contributed by atoms with Crippen molar-refractivity contribution in [2.75, 3.05) is 17.7 Å². The van der Waals surface area contributed by atoms with Crippen molar-refractivity contribution >= 4 is 49.3 Å². The summed E-state index contributed by atoms with van der Waals surface area (Å²) in [5, 5.41) is 3.73. The minimum absolute atomic E-state index is 0.741. The standard InChI is InChI=1S/C18H17BrN2S/c1-22-18-20-11-10-17(19)21(18)16-9-8-13(12-6-7-12)14-4-2-3-5-15(14)16/h2-5,8-10,12H,6-7,11H2,1H3. The van der Waals surface area contributed by atoms with Gasteiger partial charge in [0.2, 0.25) is 0 Å². The molecule has 0 N–H and O–H groups in total. The van der Waals surface area contributed by atoms with Crippen LogP contribution in [0.5, 0.6) is 0 Å². The van der Waals surface area contributed by atoms with Gasteiger partial charge in [-0.2, -0.15) is 0 Å². The lowest BCUT2D eigenvalue weighted by Crippen LogP contribution is -2.28.